The molecule has 3 rings (SSSR count). The van der Waals surface area contributed by atoms with Crippen LogP contribution in [0.4, 0.5) is 5.69 Å². The lowest BCUT2D eigenvalue weighted by Crippen LogP contribution is -2.10. The van der Waals surface area contributed by atoms with Gasteiger partial charge >= 0.3 is 0 Å². The molecule has 1 aromatic carbocycles. The topological polar surface area (TPSA) is 62.2 Å². The number of halogens is 2. The normalized spacial score (nSPS) is 16.9. The fraction of sp³-hybridized carbons (Fsp3) is 0.0769. The molecular formula is C13H8BrClN2O2S. The van der Waals surface area contributed by atoms with Gasteiger partial charge in [-0.1, -0.05) is 23.4 Å². The van der Waals surface area contributed by atoms with E-state index in [0.717, 1.165) is 14.4 Å². The summed E-state index contributed by atoms with van der Waals surface area (Å²) in [4.78, 5) is 16.5. The van der Waals surface area contributed by atoms with E-state index in [0.29, 0.717) is 16.3 Å². The first kappa shape index (κ1) is 13.9. The summed E-state index contributed by atoms with van der Waals surface area (Å²) in [6, 6.07) is 7.12. The van der Waals surface area contributed by atoms with Gasteiger partial charge in [-0.05, 0) is 40.2 Å². The lowest BCUT2D eigenvalue weighted by Gasteiger charge is -2.07. The number of benzene rings is 1. The zero-order valence-corrected chi connectivity index (χ0v) is 13.1. The molecule has 0 saturated carbocycles. The minimum Gasteiger partial charge on any atom is -0.378 e. The van der Waals surface area contributed by atoms with Crippen LogP contribution in [0, 0.1) is 0 Å². The van der Waals surface area contributed by atoms with Gasteiger partial charge < -0.3 is 10.4 Å². The molecule has 4 nitrogen and oxygen atoms in total. The number of hydrogen-bond acceptors (Lipinski definition) is 4. The lowest BCUT2D eigenvalue weighted by molar-refractivity contribution is -0.123. The van der Waals surface area contributed by atoms with Gasteiger partial charge in [0.15, 0.2) is 6.10 Å². The molecule has 1 unspecified atom stereocenters. The molecule has 1 aromatic heterocycles. The molecule has 1 aliphatic rings. The van der Waals surface area contributed by atoms with Gasteiger partial charge in [-0.15, -0.1) is 0 Å². The minimum absolute atomic E-state index is 0.431. The molecule has 102 valence electrons. The molecule has 2 aromatic rings. The average Bonchev–Trinajstić information content (AvgIpc) is 2.69. The van der Waals surface area contributed by atoms with Crippen LogP contribution in [0.25, 0.3) is 0 Å². The third-order valence-electron chi connectivity index (χ3n) is 2.82. The summed E-state index contributed by atoms with van der Waals surface area (Å²) in [7, 11) is 0. The second-order valence-electron chi connectivity index (χ2n) is 4.18. The number of aliphatic hydroxyl groups excluding tert-OH is 1. The van der Waals surface area contributed by atoms with Crippen LogP contribution < -0.4 is 5.32 Å². The van der Waals surface area contributed by atoms with Crippen LogP contribution in [0.15, 0.2) is 44.9 Å². The number of pyridine rings is 1. The maximum Gasteiger partial charge on any atom is 0.257 e. The molecule has 0 saturated heterocycles. The monoisotopic (exact) mass is 370 g/mol. The number of carbonyl (C=O) groups excluding carboxylic acids is 1. The van der Waals surface area contributed by atoms with Gasteiger partial charge in [0.05, 0.1) is 5.02 Å². The van der Waals surface area contributed by atoms with Gasteiger partial charge in [0.2, 0.25) is 0 Å². The first-order chi connectivity index (χ1) is 9.54. The molecule has 1 aliphatic heterocycles. The molecule has 20 heavy (non-hydrogen) atoms. The third-order valence-corrected chi connectivity index (χ3v) is 4.72. The maximum absolute atomic E-state index is 11.4. The van der Waals surface area contributed by atoms with Crippen LogP contribution in [0.5, 0.6) is 0 Å². The van der Waals surface area contributed by atoms with Gasteiger partial charge in [0.25, 0.3) is 5.91 Å². The summed E-state index contributed by atoms with van der Waals surface area (Å²) in [6.45, 7) is 0. The van der Waals surface area contributed by atoms with E-state index >= 15 is 0 Å². The van der Waals surface area contributed by atoms with Crippen molar-refractivity contribution in [2.75, 3.05) is 5.32 Å². The van der Waals surface area contributed by atoms with Crippen molar-refractivity contribution in [1.29, 1.82) is 0 Å². The SMILES string of the molecule is O=C1Nc2cc(Sc3ccc(Br)cn3)c(Cl)cc2C1O. The first-order valence-corrected chi connectivity index (χ1v) is 7.65. The number of anilines is 1. The summed E-state index contributed by atoms with van der Waals surface area (Å²) < 4.78 is 0.900. The Morgan fingerprint density at radius 1 is 1.40 bits per heavy atom. The second-order valence-corrected chi connectivity index (χ2v) is 6.56. The number of hydrogen-bond donors (Lipinski definition) is 2. The molecule has 0 bridgehead atoms. The van der Waals surface area contributed by atoms with Crippen molar-refractivity contribution in [3.63, 3.8) is 0 Å². The van der Waals surface area contributed by atoms with Crippen molar-refractivity contribution >= 4 is 50.9 Å². The number of rotatable bonds is 2. The summed E-state index contributed by atoms with van der Waals surface area (Å²) in [5.74, 6) is -0.431. The number of nitrogens with one attached hydrogen (secondary N) is 1. The molecule has 1 amide bonds. The highest BCUT2D eigenvalue weighted by atomic mass is 79.9. The van der Waals surface area contributed by atoms with Gasteiger partial charge in [-0.25, -0.2) is 4.98 Å². The van der Waals surface area contributed by atoms with E-state index in [-0.39, 0.29) is 0 Å². The fourth-order valence-corrected chi connectivity index (χ4v) is 3.18. The van der Waals surface area contributed by atoms with E-state index in [4.69, 9.17) is 11.6 Å². The van der Waals surface area contributed by atoms with Crippen LogP contribution in [0.3, 0.4) is 0 Å². The zero-order chi connectivity index (χ0) is 14.3. The van der Waals surface area contributed by atoms with E-state index in [9.17, 15) is 9.90 Å². The average molecular weight is 372 g/mol. The summed E-state index contributed by atoms with van der Waals surface area (Å²) in [5.41, 5.74) is 1.10. The largest absolute Gasteiger partial charge is 0.378 e. The first-order valence-electron chi connectivity index (χ1n) is 5.66. The molecule has 2 N–H and O–H groups in total. The molecular weight excluding hydrogens is 364 g/mol. The summed E-state index contributed by atoms with van der Waals surface area (Å²) >= 11 is 10.9. The zero-order valence-electron chi connectivity index (χ0n) is 9.93. The van der Waals surface area contributed by atoms with Crippen molar-refractivity contribution < 1.29 is 9.90 Å². The Balaban J connectivity index is 1.94. The molecule has 1 atom stereocenters. The third kappa shape index (κ3) is 2.56. The van der Waals surface area contributed by atoms with Crippen LogP contribution in [-0.2, 0) is 4.79 Å². The van der Waals surface area contributed by atoms with Crippen molar-refractivity contribution in [2.45, 2.75) is 16.0 Å². The van der Waals surface area contributed by atoms with Crippen molar-refractivity contribution in [3.05, 3.63) is 45.5 Å². The second kappa shape index (κ2) is 5.37. The van der Waals surface area contributed by atoms with E-state index < -0.39 is 12.0 Å². The number of fused-ring (bicyclic) bond motifs is 1. The molecule has 0 spiro atoms. The van der Waals surface area contributed by atoms with Crippen LogP contribution >= 0.6 is 39.3 Å². The Morgan fingerprint density at radius 2 is 2.20 bits per heavy atom. The van der Waals surface area contributed by atoms with Gasteiger partial charge in [-0.3, -0.25) is 4.79 Å². The van der Waals surface area contributed by atoms with Crippen molar-refractivity contribution in [3.8, 4) is 0 Å². The highest BCUT2D eigenvalue weighted by Gasteiger charge is 2.29. The van der Waals surface area contributed by atoms with Gasteiger partial charge in [0.1, 0.15) is 5.03 Å². The molecule has 0 fully saturated rings. The summed E-state index contributed by atoms with van der Waals surface area (Å²) in [6.07, 6.45) is 0.558. The number of amides is 1. The molecule has 0 radical (unpaired) electrons. The predicted octanol–water partition coefficient (Wildman–Crippen LogP) is 3.63. The highest BCUT2D eigenvalue weighted by molar-refractivity contribution is 9.10. The minimum atomic E-state index is -1.15. The van der Waals surface area contributed by atoms with Crippen molar-refractivity contribution in [2.24, 2.45) is 0 Å². The molecule has 2 heterocycles. The maximum atomic E-state index is 11.4. The van der Waals surface area contributed by atoms with E-state index in [1.807, 2.05) is 12.1 Å². The van der Waals surface area contributed by atoms with Crippen molar-refractivity contribution in [1.82, 2.24) is 4.98 Å². The van der Waals surface area contributed by atoms with Crippen LogP contribution in [0.2, 0.25) is 5.02 Å². The number of aromatic nitrogens is 1. The Hall–Kier alpha value is -1.08. The Labute approximate surface area is 132 Å². The smallest absolute Gasteiger partial charge is 0.257 e. The van der Waals surface area contributed by atoms with Gasteiger partial charge in [0, 0.05) is 26.8 Å². The standard InChI is InChI=1S/C13H8BrClN2O2S/c14-6-1-2-11(16-5-6)20-10-4-9-7(3-8(10)15)12(18)13(19)17-9/h1-5,12,18H,(H,17,19). The quantitative estimate of drug-likeness (QED) is 0.846. The van der Waals surface area contributed by atoms with E-state index in [1.165, 1.54) is 11.8 Å². The fourth-order valence-electron chi connectivity index (χ4n) is 1.86. The highest BCUT2D eigenvalue weighted by Crippen LogP contribution is 2.40. The Bertz CT molecular complexity index is 694. The molecule has 7 heteroatoms. The van der Waals surface area contributed by atoms with E-state index in [2.05, 4.69) is 26.2 Å². The van der Waals surface area contributed by atoms with E-state index in [1.54, 1.807) is 18.3 Å². The Kier molecular flexibility index (Phi) is 3.72. The predicted molar refractivity (Wildman–Crippen MR) is 81.1 cm³/mol. The van der Waals surface area contributed by atoms with Crippen LogP contribution in [-0.4, -0.2) is 16.0 Å². The lowest BCUT2D eigenvalue weighted by atomic mass is 10.1. The van der Waals surface area contributed by atoms with Gasteiger partial charge in [-0.2, -0.15) is 0 Å². The molecule has 0 aliphatic carbocycles. The summed E-state index contributed by atoms with van der Waals surface area (Å²) in [5, 5.41) is 13.6. The number of aliphatic hydroxyl groups is 1. The Morgan fingerprint density at radius 3 is 2.90 bits per heavy atom. The van der Waals surface area contributed by atoms with Crippen LogP contribution in [0.1, 0.15) is 11.7 Å². The number of nitrogens with zero attached hydrogens (tertiary/aromatic N) is 1. The number of carbonyl (C=O) groups is 1.